The zero-order chi connectivity index (χ0) is 29.7. The lowest BCUT2D eigenvalue weighted by Crippen LogP contribution is -2.13. The molecular formula is C41H40O2. The predicted molar refractivity (Wildman–Crippen MR) is 178 cm³/mol. The molecule has 0 aliphatic carbocycles. The number of Topliss-reactive ketones (excluding diaryl/α,β-unsaturated/α-hetero) is 1. The van der Waals surface area contributed by atoms with Crippen molar-refractivity contribution in [2.45, 2.75) is 38.7 Å². The Morgan fingerprint density at radius 2 is 1.00 bits per heavy atom. The first-order valence-corrected chi connectivity index (χ1v) is 15.2. The third-order valence-corrected chi connectivity index (χ3v) is 7.92. The van der Waals surface area contributed by atoms with Crippen LogP contribution in [0.5, 0.6) is 0 Å². The number of allylic oxidation sites excluding steroid dienone is 1. The molecular weight excluding hydrogens is 524 g/mol. The highest BCUT2D eigenvalue weighted by molar-refractivity contribution is 5.96. The van der Waals surface area contributed by atoms with Gasteiger partial charge in [0, 0.05) is 12.0 Å². The van der Waals surface area contributed by atoms with Crippen LogP contribution in [-0.2, 0) is 24.2 Å². The molecule has 5 aromatic rings. The summed E-state index contributed by atoms with van der Waals surface area (Å²) in [6.45, 7) is 5.58. The third-order valence-electron chi connectivity index (χ3n) is 7.92. The largest absolute Gasteiger partial charge is 0.376 e. The van der Waals surface area contributed by atoms with Crippen LogP contribution in [0.2, 0.25) is 0 Å². The molecule has 0 bridgehead atoms. The number of rotatable bonds is 15. The molecule has 2 heteroatoms. The maximum Gasteiger partial charge on any atom is 0.162 e. The smallest absolute Gasteiger partial charge is 0.162 e. The van der Waals surface area contributed by atoms with Crippen LogP contribution in [0.3, 0.4) is 0 Å². The van der Waals surface area contributed by atoms with Gasteiger partial charge in [0.2, 0.25) is 0 Å². The summed E-state index contributed by atoms with van der Waals surface area (Å²) in [5.74, 6) is 0.372. The van der Waals surface area contributed by atoms with Crippen LogP contribution in [0.15, 0.2) is 146 Å². The van der Waals surface area contributed by atoms with Crippen molar-refractivity contribution in [3.05, 3.63) is 185 Å². The fourth-order valence-corrected chi connectivity index (χ4v) is 5.44. The van der Waals surface area contributed by atoms with E-state index in [1.807, 2.05) is 42.5 Å². The van der Waals surface area contributed by atoms with E-state index in [1.54, 1.807) is 0 Å². The number of carbonyl (C=O) groups excluding carboxylic acids is 1. The molecule has 0 radical (unpaired) electrons. The van der Waals surface area contributed by atoms with Gasteiger partial charge in [0.15, 0.2) is 5.78 Å². The van der Waals surface area contributed by atoms with Crippen LogP contribution in [0.1, 0.15) is 63.0 Å². The summed E-state index contributed by atoms with van der Waals surface area (Å²) in [6.07, 6.45) is 3.81. The van der Waals surface area contributed by atoms with Gasteiger partial charge < -0.3 is 4.74 Å². The van der Waals surface area contributed by atoms with Crippen molar-refractivity contribution in [1.29, 1.82) is 0 Å². The zero-order valence-corrected chi connectivity index (χ0v) is 24.8. The van der Waals surface area contributed by atoms with Gasteiger partial charge in [-0.05, 0) is 70.6 Å². The summed E-state index contributed by atoms with van der Waals surface area (Å²) in [5, 5.41) is 0. The van der Waals surface area contributed by atoms with Gasteiger partial charge in [-0.3, -0.25) is 4.79 Å². The SMILES string of the molecule is C=C(CC(CCC(=O)c1ccc(Cc2ccccc2)cc1)COCc1ccccc1)c1ccc(Cc2ccccc2)cc1. The first kappa shape index (κ1) is 29.9. The number of carbonyl (C=O) groups is 1. The van der Waals surface area contributed by atoms with Crippen molar-refractivity contribution in [2.75, 3.05) is 6.61 Å². The Morgan fingerprint density at radius 3 is 1.51 bits per heavy atom. The van der Waals surface area contributed by atoms with E-state index < -0.39 is 0 Å². The normalized spacial score (nSPS) is 11.6. The van der Waals surface area contributed by atoms with Crippen LogP contribution in [-0.4, -0.2) is 12.4 Å². The molecule has 0 aliphatic heterocycles. The molecule has 0 fully saturated rings. The standard InChI is InChI=1S/C41H40O2/c1-32(39-22-17-35(18-23-39)28-33-11-5-2-6-12-33)27-38(31-43-30-37-15-9-4-10-16-37)21-26-41(42)40-24-19-36(20-25-40)29-34-13-7-3-8-14-34/h2-20,22-25,38H,1,21,26-31H2. The summed E-state index contributed by atoms with van der Waals surface area (Å²) in [6, 6.07) is 48.0. The number of hydrogen-bond acceptors (Lipinski definition) is 2. The van der Waals surface area contributed by atoms with Gasteiger partial charge >= 0.3 is 0 Å². The van der Waals surface area contributed by atoms with Crippen molar-refractivity contribution in [2.24, 2.45) is 5.92 Å². The van der Waals surface area contributed by atoms with E-state index in [4.69, 9.17) is 4.74 Å². The highest BCUT2D eigenvalue weighted by Crippen LogP contribution is 2.26. The number of ether oxygens (including phenoxy) is 1. The van der Waals surface area contributed by atoms with Gasteiger partial charge in [0.1, 0.15) is 0 Å². The summed E-state index contributed by atoms with van der Waals surface area (Å²) in [7, 11) is 0. The summed E-state index contributed by atoms with van der Waals surface area (Å²) in [4.78, 5) is 13.2. The molecule has 0 saturated carbocycles. The highest BCUT2D eigenvalue weighted by atomic mass is 16.5. The Balaban J connectivity index is 1.18. The maximum absolute atomic E-state index is 13.2. The van der Waals surface area contributed by atoms with Crippen molar-refractivity contribution >= 4 is 11.4 Å². The first-order valence-electron chi connectivity index (χ1n) is 15.2. The Kier molecular flexibility index (Phi) is 10.9. The Labute approximate surface area is 256 Å². The van der Waals surface area contributed by atoms with Crippen LogP contribution in [0.4, 0.5) is 0 Å². The Morgan fingerprint density at radius 1 is 0.558 bits per heavy atom. The quantitative estimate of drug-likeness (QED) is 0.118. The van der Waals surface area contributed by atoms with E-state index in [1.165, 1.54) is 22.3 Å². The Bertz CT molecular complexity index is 1550. The molecule has 0 spiro atoms. The van der Waals surface area contributed by atoms with Gasteiger partial charge in [-0.2, -0.15) is 0 Å². The van der Waals surface area contributed by atoms with Crippen molar-refractivity contribution in [3.63, 3.8) is 0 Å². The monoisotopic (exact) mass is 564 g/mol. The van der Waals surface area contributed by atoms with Crippen molar-refractivity contribution in [1.82, 2.24) is 0 Å². The van der Waals surface area contributed by atoms with E-state index in [9.17, 15) is 4.79 Å². The van der Waals surface area contributed by atoms with Crippen LogP contribution in [0.25, 0.3) is 5.57 Å². The van der Waals surface area contributed by atoms with E-state index in [0.29, 0.717) is 19.6 Å². The van der Waals surface area contributed by atoms with Crippen LogP contribution in [0, 0.1) is 5.92 Å². The molecule has 0 aromatic heterocycles. The maximum atomic E-state index is 13.2. The average Bonchev–Trinajstić information content (AvgIpc) is 3.05. The molecule has 1 unspecified atom stereocenters. The van der Waals surface area contributed by atoms with Gasteiger partial charge in [-0.15, -0.1) is 0 Å². The fraction of sp³-hybridized carbons (Fsp3) is 0.195. The Hall–Kier alpha value is -4.53. The number of benzene rings is 5. The van der Waals surface area contributed by atoms with Gasteiger partial charge in [0.05, 0.1) is 13.2 Å². The highest BCUT2D eigenvalue weighted by Gasteiger charge is 2.16. The number of ketones is 1. The fourth-order valence-electron chi connectivity index (χ4n) is 5.44. The predicted octanol–water partition coefficient (Wildman–Crippen LogP) is 9.77. The second kappa shape index (κ2) is 15.6. The molecule has 5 rings (SSSR count). The minimum absolute atomic E-state index is 0.176. The van der Waals surface area contributed by atoms with Gasteiger partial charge in [0.25, 0.3) is 0 Å². The third kappa shape index (κ3) is 9.49. The van der Waals surface area contributed by atoms with Crippen LogP contribution < -0.4 is 0 Å². The topological polar surface area (TPSA) is 26.3 Å². The minimum atomic E-state index is 0.176. The molecule has 5 aromatic carbocycles. The van der Waals surface area contributed by atoms with Gasteiger partial charge in [-0.1, -0.05) is 146 Å². The first-order chi connectivity index (χ1) is 21.1. The molecule has 2 nitrogen and oxygen atoms in total. The lowest BCUT2D eigenvalue weighted by molar-refractivity contribution is 0.0808. The van der Waals surface area contributed by atoms with E-state index >= 15 is 0 Å². The van der Waals surface area contributed by atoms with Crippen molar-refractivity contribution < 1.29 is 9.53 Å². The molecule has 0 amide bonds. The van der Waals surface area contributed by atoms with E-state index in [-0.39, 0.29) is 11.7 Å². The molecule has 0 heterocycles. The lowest BCUT2D eigenvalue weighted by atomic mass is 9.90. The summed E-state index contributed by atoms with van der Waals surface area (Å²) < 4.78 is 6.16. The van der Waals surface area contributed by atoms with Crippen LogP contribution >= 0.6 is 0 Å². The number of hydrogen-bond donors (Lipinski definition) is 0. The zero-order valence-electron chi connectivity index (χ0n) is 24.8. The molecule has 1 atom stereocenters. The van der Waals surface area contributed by atoms with Gasteiger partial charge in [-0.25, -0.2) is 0 Å². The second-order valence-electron chi connectivity index (χ2n) is 11.4. The minimum Gasteiger partial charge on any atom is -0.376 e. The summed E-state index contributed by atoms with van der Waals surface area (Å²) in [5.41, 5.74) is 9.22. The average molecular weight is 565 g/mol. The molecule has 216 valence electrons. The molecule has 0 aliphatic rings. The molecule has 43 heavy (non-hydrogen) atoms. The van der Waals surface area contributed by atoms with E-state index in [2.05, 4.69) is 104 Å². The molecule has 0 saturated heterocycles. The second-order valence-corrected chi connectivity index (χ2v) is 11.4. The summed E-state index contributed by atoms with van der Waals surface area (Å²) >= 11 is 0. The molecule has 0 N–H and O–H groups in total. The lowest BCUT2D eigenvalue weighted by Gasteiger charge is -2.19. The van der Waals surface area contributed by atoms with E-state index in [0.717, 1.165) is 47.9 Å². The van der Waals surface area contributed by atoms with Crippen molar-refractivity contribution in [3.8, 4) is 0 Å².